The minimum Gasteiger partial charge on any atom is -0.362 e. The molecule has 0 radical (unpaired) electrons. The number of aromatic nitrogens is 3. The van der Waals surface area contributed by atoms with Crippen LogP contribution < -0.4 is 10.6 Å². The van der Waals surface area contributed by atoms with Crippen LogP contribution in [0.1, 0.15) is 11.4 Å². The number of fused-ring (bicyclic) bond motifs is 1. The molecule has 0 saturated heterocycles. The SMILES string of the molecule is NCCc1ccccc1N1CCn2cnnc2C1. The van der Waals surface area contributed by atoms with Crippen LogP contribution in [0, 0.1) is 0 Å². The molecule has 94 valence electrons. The number of rotatable bonds is 3. The summed E-state index contributed by atoms with van der Waals surface area (Å²) in [5, 5.41) is 8.11. The van der Waals surface area contributed by atoms with Gasteiger partial charge >= 0.3 is 0 Å². The van der Waals surface area contributed by atoms with Crippen molar-refractivity contribution in [2.75, 3.05) is 18.0 Å². The molecule has 1 aliphatic heterocycles. The summed E-state index contributed by atoms with van der Waals surface area (Å²) in [6.07, 6.45) is 2.72. The molecular formula is C13H17N5. The molecule has 0 amide bonds. The van der Waals surface area contributed by atoms with Gasteiger partial charge in [0.1, 0.15) is 6.33 Å². The lowest BCUT2D eigenvalue weighted by Gasteiger charge is -2.30. The maximum absolute atomic E-state index is 5.67. The summed E-state index contributed by atoms with van der Waals surface area (Å²) in [6, 6.07) is 8.47. The lowest BCUT2D eigenvalue weighted by molar-refractivity contribution is 0.559. The minimum atomic E-state index is 0.682. The molecule has 0 fully saturated rings. The Morgan fingerprint density at radius 3 is 3.00 bits per heavy atom. The molecule has 0 bridgehead atoms. The van der Waals surface area contributed by atoms with Crippen LogP contribution in [0.3, 0.4) is 0 Å². The lowest BCUT2D eigenvalue weighted by Crippen LogP contribution is -2.34. The third kappa shape index (κ3) is 1.97. The molecule has 2 N–H and O–H groups in total. The highest BCUT2D eigenvalue weighted by atomic mass is 15.3. The predicted octanol–water partition coefficient (Wildman–Crippen LogP) is 0.799. The zero-order valence-electron chi connectivity index (χ0n) is 10.3. The Bertz CT molecular complexity index is 534. The Hall–Kier alpha value is -1.88. The molecule has 3 rings (SSSR count). The van der Waals surface area contributed by atoms with Crippen molar-refractivity contribution in [3.8, 4) is 0 Å². The van der Waals surface area contributed by atoms with E-state index in [1.165, 1.54) is 11.3 Å². The van der Waals surface area contributed by atoms with Crippen LogP contribution in [0.2, 0.25) is 0 Å². The highest BCUT2D eigenvalue weighted by Gasteiger charge is 2.19. The summed E-state index contributed by atoms with van der Waals surface area (Å²) in [4.78, 5) is 2.36. The monoisotopic (exact) mass is 243 g/mol. The van der Waals surface area contributed by atoms with Crippen LogP contribution in [0.4, 0.5) is 5.69 Å². The van der Waals surface area contributed by atoms with Gasteiger partial charge in [-0.25, -0.2) is 0 Å². The van der Waals surface area contributed by atoms with Crippen molar-refractivity contribution >= 4 is 5.69 Å². The van der Waals surface area contributed by atoms with E-state index in [-0.39, 0.29) is 0 Å². The van der Waals surface area contributed by atoms with Crippen LogP contribution in [0.15, 0.2) is 30.6 Å². The van der Waals surface area contributed by atoms with Crippen molar-refractivity contribution in [1.29, 1.82) is 0 Å². The summed E-state index contributed by atoms with van der Waals surface area (Å²) in [5.74, 6) is 1.03. The van der Waals surface area contributed by atoms with Gasteiger partial charge in [-0.1, -0.05) is 18.2 Å². The molecule has 5 nitrogen and oxygen atoms in total. The van der Waals surface area contributed by atoms with Crippen molar-refractivity contribution in [1.82, 2.24) is 14.8 Å². The summed E-state index contributed by atoms with van der Waals surface area (Å²) in [5.41, 5.74) is 8.26. The second kappa shape index (κ2) is 4.78. The van der Waals surface area contributed by atoms with E-state index in [1.54, 1.807) is 6.33 Å². The molecule has 1 aromatic carbocycles. The van der Waals surface area contributed by atoms with E-state index in [0.29, 0.717) is 6.54 Å². The van der Waals surface area contributed by atoms with Crippen molar-refractivity contribution in [2.45, 2.75) is 19.5 Å². The van der Waals surface area contributed by atoms with Gasteiger partial charge in [-0.05, 0) is 24.6 Å². The topological polar surface area (TPSA) is 60.0 Å². The summed E-state index contributed by atoms with van der Waals surface area (Å²) < 4.78 is 2.11. The van der Waals surface area contributed by atoms with Gasteiger partial charge in [0.25, 0.3) is 0 Å². The summed E-state index contributed by atoms with van der Waals surface area (Å²) >= 11 is 0. The molecule has 0 unspecified atom stereocenters. The Kier molecular flexibility index (Phi) is 2.98. The number of nitrogens with zero attached hydrogens (tertiary/aromatic N) is 4. The highest BCUT2D eigenvalue weighted by molar-refractivity contribution is 5.54. The fourth-order valence-electron chi connectivity index (χ4n) is 2.46. The Morgan fingerprint density at radius 1 is 1.22 bits per heavy atom. The molecule has 2 aromatic rings. The first kappa shape index (κ1) is 11.2. The number of para-hydroxylation sites is 1. The Balaban J connectivity index is 1.88. The minimum absolute atomic E-state index is 0.682. The van der Waals surface area contributed by atoms with Crippen LogP contribution in [-0.2, 0) is 19.5 Å². The fourth-order valence-corrected chi connectivity index (χ4v) is 2.46. The van der Waals surface area contributed by atoms with E-state index in [1.807, 2.05) is 0 Å². The third-order valence-corrected chi connectivity index (χ3v) is 3.38. The number of hydrogen-bond acceptors (Lipinski definition) is 4. The summed E-state index contributed by atoms with van der Waals surface area (Å²) in [6.45, 7) is 3.44. The van der Waals surface area contributed by atoms with E-state index in [2.05, 4.69) is 43.9 Å². The van der Waals surface area contributed by atoms with Gasteiger partial charge in [0, 0.05) is 18.8 Å². The number of nitrogens with two attached hydrogens (primary N) is 1. The van der Waals surface area contributed by atoms with Crippen molar-refractivity contribution in [3.63, 3.8) is 0 Å². The maximum Gasteiger partial charge on any atom is 0.152 e. The number of benzene rings is 1. The molecule has 0 saturated carbocycles. The molecule has 18 heavy (non-hydrogen) atoms. The van der Waals surface area contributed by atoms with Crippen LogP contribution in [0.25, 0.3) is 0 Å². The predicted molar refractivity (Wildman–Crippen MR) is 70.3 cm³/mol. The van der Waals surface area contributed by atoms with Gasteiger partial charge in [-0.15, -0.1) is 10.2 Å². The van der Waals surface area contributed by atoms with Crippen LogP contribution in [-0.4, -0.2) is 27.9 Å². The molecule has 1 aliphatic rings. The Morgan fingerprint density at radius 2 is 2.11 bits per heavy atom. The van der Waals surface area contributed by atoms with E-state index < -0.39 is 0 Å². The van der Waals surface area contributed by atoms with E-state index in [4.69, 9.17) is 5.73 Å². The Labute approximate surface area is 106 Å². The standard InChI is InChI=1S/C13H17N5/c14-6-5-11-3-1-2-4-12(11)17-7-8-18-10-15-16-13(18)9-17/h1-4,10H,5-9,14H2. The zero-order chi connectivity index (χ0) is 12.4. The van der Waals surface area contributed by atoms with Gasteiger partial charge in [0.05, 0.1) is 6.54 Å². The molecule has 2 heterocycles. The summed E-state index contributed by atoms with van der Waals surface area (Å²) in [7, 11) is 0. The quantitative estimate of drug-likeness (QED) is 0.866. The number of anilines is 1. The van der Waals surface area contributed by atoms with E-state index in [9.17, 15) is 0 Å². The average molecular weight is 243 g/mol. The molecule has 0 aliphatic carbocycles. The third-order valence-electron chi connectivity index (χ3n) is 3.38. The van der Waals surface area contributed by atoms with Crippen LogP contribution in [0.5, 0.6) is 0 Å². The molecular weight excluding hydrogens is 226 g/mol. The van der Waals surface area contributed by atoms with E-state index in [0.717, 1.165) is 31.9 Å². The normalized spacial score (nSPS) is 14.6. The zero-order valence-corrected chi connectivity index (χ0v) is 10.3. The molecule has 1 aromatic heterocycles. The fraction of sp³-hybridized carbons (Fsp3) is 0.385. The van der Waals surface area contributed by atoms with Gasteiger partial charge in [0.15, 0.2) is 5.82 Å². The number of hydrogen-bond donors (Lipinski definition) is 1. The van der Waals surface area contributed by atoms with Crippen molar-refractivity contribution in [3.05, 3.63) is 42.0 Å². The van der Waals surface area contributed by atoms with Gasteiger partial charge in [0.2, 0.25) is 0 Å². The smallest absolute Gasteiger partial charge is 0.152 e. The molecule has 0 spiro atoms. The lowest BCUT2D eigenvalue weighted by atomic mass is 10.1. The van der Waals surface area contributed by atoms with Crippen molar-refractivity contribution in [2.24, 2.45) is 5.73 Å². The van der Waals surface area contributed by atoms with Gasteiger partial charge < -0.3 is 15.2 Å². The molecule has 0 atom stereocenters. The average Bonchev–Trinajstić information content (AvgIpc) is 2.87. The maximum atomic E-state index is 5.67. The molecule has 5 heteroatoms. The first-order chi connectivity index (χ1) is 8.88. The first-order valence-electron chi connectivity index (χ1n) is 6.28. The van der Waals surface area contributed by atoms with E-state index >= 15 is 0 Å². The van der Waals surface area contributed by atoms with Gasteiger partial charge in [-0.3, -0.25) is 0 Å². The second-order valence-corrected chi connectivity index (χ2v) is 4.53. The van der Waals surface area contributed by atoms with Crippen molar-refractivity contribution < 1.29 is 0 Å². The highest BCUT2D eigenvalue weighted by Crippen LogP contribution is 2.24. The largest absolute Gasteiger partial charge is 0.362 e. The second-order valence-electron chi connectivity index (χ2n) is 4.53. The van der Waals surface area contributed by atoms with Crippen LogP contribution >= 0.6 is 0 Å². The first-order valence-corrected chi connectivity index (χ1v) is 6.28. The van der Waals surface area contributed by atoms with Gasteiger partial charge in [-0.2, -0.15) is 0 Å².